The van der Waals surface area contributed by atoms with Crippen molar-refractivity contribution >= 4 is 17.0 Å². The Balaban J connectivity index is 1.66. The number of hydrogen-bond acceptors (Lipinski definition) is 5. The van der Waals surface area contributed by atoms with E-state index in [0.29, 0.717) is 24.9 Å². The van der Waals surface area contributed by atoms with Gasteiger partial charge in [0, 0.05) is 12.1 Å². The van der Waals surface area contributed by atoms with E-state index in [-0.39, 0.29) is 0 Å². The molecule has 0 aliphatic rings. The maximum atomic E-state index is 9.57. The van der Waals surface area contributed by atoms with Crippen molar-refractivity contribution in [1.82, 2.24) is 14.5 Å². The first-order chi connectivity index (χ1) is 12.7. The number of benzene rings is 2. The molecule has 0 saturated carbocycles. The molecule has 0 saturated heterocycles. The van der Waals surface area contributed by atoms with Crippen molar-refractivity contribution in [1.29, 1.82) is 0 Å². The third-order valence-electron chi connectivity index (χ3n) is 4.10. The van der Waals surface area contributed by atoms with Crippen LogP contribution in [-0.4, -0.2) is 32.3 Å². The SMILES string of the molecule is CC(O)CNc1nc2ccccc2n1Cc1coc(-c2ccccc2)n1. The summed E-state index contributed by atoms with van der Waals surface area (Å²) in [6, 6.07) is 17.8. The zero-order valence-corrected chi connectivity index (χ0v) is 14.5. The van der Waals surface area contributed by atoms with E-state index in [1.165, 1.54) is 0 Å². The number of fused-ring (bicyclic) bond motifs is 1. The van der Waals surface area contributed by atoms with Gasteiger partial charge in [0.15, 0.2) is 0 Å². The lowest BCUT2D eigenvalue weighted by atomic mass is 10.2. The molecule has 0 spiro atoms. The molecule has 26 heavy (non-hydrogen) atoms. The van der Waals surface area contributed by atoms with E-state index < -0.39 is 6.10 Å². The fourth-order valence-corrected chi connectivity index (χ4v) is 2.86. The van der Waals surface area contributed by atoms with Crippen molar-refractivity contribution in [2.24, 2.45) is 0 Å². The van der Waals surface area contributed by atoms with E-state index in [1.807, 2.05) is 59.2 Å². The Kier molecular flexibility index (Phi) is 4.41. The number of aliphatic hydroxyl groups is 1. The normalized spacial score (nSPS) is 12.4. The van der Waals surface area contributed by atoms with Gasteiger partial charge in [-0.15, -0.1) is 0 Å². The maximum Gasteiger partial charge on any atom is 0.226 e. The minimum absolute atomic E-state index is 0.428. The van der Waals surface area contributed by atoms with Crippen LogP contribution in [0.3, 0.4) is 0 Å². The lowest BCUT2D eigenvalue weighted by Crippen LogP contribution is -2.18. The predicted molar refractivity (Wildman–Crippen MR) is 101 cm³/mol. The lowest BCUT2D eigenvalue weighted by molar-refractivity contribution is 0.208. The van der Waals surface area contributed by atoms with E-state index in [4.69, 9.17) is 4.42 Å². The van der Waals surface area contributed by atoms with Crippen molar-refractivity contribution in [3.05, 3.63) is 66.6 Å². The Labute approximate surface area is 151 Å². The number of nitrogens with one attached hydrogen (secondary N) is 1. The Hall–Kier alpha value is -3.12. The monoisotopic (exact) mass is 348 g/mol. The first-order valence-corrected chi connectivity index (χ1v) is 8.58. The average Bonchev–Trinajstić information content (AvgIpc) is 3.26. The fourth-order valence-electron chi connectivity index (χ4n) is 2.86. The number of hydrogen-bond donors (Lipinski definition) is 2. The van der Waals surface area contributed by atoms with Crippen LogP contribution in [0.4, 0.5) is 5.95 Å². The van der Waals surface area contributed by atoms with Gasteiger partial charge in [0.1, 0.15) is 6.26 Å². The van der Waals surface area contributed by atoms with Crippen LogP contribution in [0.5, 0.6) is 0 Å². The molecule has 6 heteroatoms. The summed E-state index contributed by atoms with van der Waals surface area (Å²) in [7, 11) is 0. The highest BCUT2D eigenvalue weighted by atomic mass is 16.3. The molecule has 2 aromatic carbocycles. The van der Waals surface area contributed by atoms with Crippen LogP contribution in [0.2, 0.25) is 0 Å². The van der Waals surface area contributed by atoms with Crippen molar-refractivity contribution in [3.63, 3.8) is 0 Å². The molecule has 4 rings (SSSR count). The van der Waals surface area contributed by atoms with Gasteiger partial charge in [0.05, 0.1) is 29.4 Å². The van der Waals surface area contributed by atoms with Crippen LogP contribution in [0.1, 0.15) is 12.6 Å². The molecule has 1 unspecified atom stereocenters. The minimum atomic E-state index is -0.458. The quantitative estimate of drug-likeness (QED) is 0.557. The van der Waals surface area contributed by atoms with Crippen LogP contribution < -0.4 is 5.32 Å². The first kappa shape index (κ1) is 16.4. The van der Waals surface area contributed by atoms with Crippen LogP contribution in [0, 0.1) is 0 Å². The third kappa shape index (κ3) is 3.32. The van der Waals surface area contributed by atoms with Gasteiger partial charge in [-0.1, -0.05) is 30.3 Å². The summed E-state index contributed by atoms with van der Waals surface area (Å²) < 4.78 is 7.69. The summed E-state index contributed by atoms with van der Waals surface area (Å²) >= 11 is 0. The topological polar surface area (TPSA) is 76.1 Å². The summed E-state index contributed by atoms with van der Waals surface area (Å²) in [6.07, 6.45) is 1.22. The van der Waals surface area contributed by atoms with Crippen LogP contribution >= 0.6 is 0 Å². The highest BCUT2D eigenvalue weighted by Gasteiger charge is 2.14. The Morgan fingerprint density at radius 2 is 1.85 bits per heavy atom. The zero-order chi connectivity index (χ0) is 17.9. The lowest BCUT2D eigenvalue weighted by Gasteiger charge is -2.10. The zero-order valence-electron chi connectivity index (χ0n) is 14.5. The highest BCUT2D eigenvalue weighted by molar-refractivity contribution is 5.78. The molecular formula is C20H20N4O2. The standard InChI is InChI=1S/C20H20N4O2/c1-14(25)11-21-20-23-17-9-5-6-10-18(17)24(20)12-16-13-26-19(22-16)15-7-3-2-4-8-15/h2-10,13-14,25H,11-12H2,1H3,(H,21,23). The summed E-state index contributed by atoms with van der Waals surface area (Å²) in [4.78, 5) is 9.23. The maximum absolute atomic E-state index is 9.57. The number of anilines is 1. The van der Waals surface area contributed by atoms with Gasteiger partial charge in [0.25, 0.3) is 0 Å². The van der Waals surface area contributed by atoms with Gasteiger partial charge >= 0.3 is 0 Å². The molecule has 2 heterocycles. The Bertz CT molecular complexity index is 1010. The number of oxazole rings is 1. The number of imidazole rings is 1. The molecule has 0 bridgehead atoms. The second kappa shape index (κ2) is 7.01. The van der Waals surface area contributed by atoms with Gasteiger partial charge in [0.2, 0.25) is 11.8 Å². The highest BCUT2D eigenvalue weighted by Crippen LogP contribution is 2.23. The van der Waals surface area contributed by atoms with E-state index in [0.717, 1.165) is 22.3 Å². The van der Waals surface area contributed by atoms with Crippen molar-refractivity contribution in [3.8, 4) is 11.5 Å². The van der Waals surface area contributed by atoms with Crippen LogP contribution in [0.15, 0.2) is 65.3 Å². The predicted octanol–water partition coefficient (Wildman–Crippen LogP) is 3.53. The summed E-state index contributed by atoms with van der Waals surface area (Å²) in [5, 5.41) is 12.8. The number of aromatic nitrogens is 3. The van der Waals surface area contributed by atoms with Crippen molar-refractivity contribution in [2.45, 2.75) is 19.6 Å². The third-order valence-corrected chi connectivity index (χ3v) is 4.10. The average molecular weight is 348 g/mol. The molecule has 1 atom stereocenters. The van der Waals surface area contributed by atoms with E-state index in [2.05, 4.69) is 15.3 Å². The van der Waals surface area contributed by atoms with Crippen molar-refractivity contribution in [2.75, 3.05) is 11.9 Å². The van der Waals surface area contributed by atoms with Gasteiger partial charge in [-0.2, -0.15) is 0 Å². The van der Waals surface area contributed by atoms with Gasteiger partial charge in [-0.25, -0.2) is 9.97 Å². The van der Waals surface area contributed by atoms with E-state index >= 15 is 0 Å². The number of rotatable bonds is 6. The van der Waals surface area contributed by atoms with Crippen LogP contribution in [-0.2, 0) is 6.54 Å². The molecule has 0 amide bonds. The molecule has 6 nitrogen and oxygen atoms in total. The molecule has 0 aliphatic heterocycles. The molecule has 2 aromatic heterocycles. The molecule has 132 valence electrons. The van der Waals surface area contributed by atoms with Crippen molar-refractivity contribution < 1.29 is 9.52 Å². The molecular weight excluding hydrogens is 328 g/mol. The van der Waals surface area contributed by atoms with Crippen LogP contribution in [0.25, 0.3) is 22.5 Å². The number of aliphatic hydroxyl groups excluding tert-OH is 1. The molecule has 2 N–H and O–H groups in total. The largest absolute Gasteiger partial charge is 0.444 e. The van der Waals surface area contributed by atoms with E-state index in [9.17, 15) is 5.11 Å². The summed E-state index contributed by atoms with van der Waals surface area (Å²) in [5.74, 6) is 1.31. The van der Waals surface area contributed by atoms with Gasteiger partial charge in [-0.3, -0.25) is 0 Å². The summed E-state index contributed by atoms with van der Waals surface area (Å²) in [5.41, 5.74) is 3.66. The number of nitrogens with zero attached hydrogens (tertiary/aromatic N) is 3. The number of para-hydroxylation sites is 2. The second-order valence-electron chi connectivity index (χ2n) is 6.25. The molecule has 4 aromatic rings. The summed E-state index contributed by atoms with van der Waals surface area (Å²) in [6.45, 7) is 2.69. The molecule has 0 fully saturated rings. The van der Waals surface area contributed by atoms with E-state index in [1.54, 1.807) is 13.2 Å². The Morgan fingerprint density at radius 1 is 1.08 bits per heavy atom. The molecule has 0 radical (unpaired) electrons. The minimum Gasteiger partial charge on any atom is -0.444 e. The molecule has 0 aliphatic carbocycles. The second-order valence-corrected chi connectivity index (χ2v) is 6.25. The Morgan fingerprint density at radius 3 is 2.65 bits per heavy atom. The van der Waals surface area contributed by atoms with Gasteiger partial charge < -0.3 is 19.4 Å². The van der Waals surface area contributed by atoms with Gasteiger partial charge in [-0.05, 0) is 31.2 Å². The fraction of sp³-hybridized carbons (Fsp3) is 0.200. The first-order valence-electron chi connectivity index (χ1n) is 8.58. The smallest absolute Gasteiger partial charge is 0.226 e.